The molecule has 0 aliphatic rings. The van der Waals surface area contributed by atoms with Crippen LogP contribution in [0.5, 0.6) is 0 Å². The summed E-state index contributed by atoms with van der Waals surface area (Å²) in [7, 11) is 0. The smallest absolute Gasteiger partial charge is 0.273 e. The number of nitro benzene ring substituents is 1. The van der Waals surface area contributed by atoms with Gasteiger partial charge in [-0.05, 0) is 41.8 Å². The van der Waals surface area contributed by atoms with E-state index in [4.69, 9.17) is 5.73 Å². The number of hydrogen-bond donors (Lipinski definition) is 2. The van der Waals surface area contributed by atoms with Gasteiger partial charge in [0.05, 0.1) is 4.92 Å². The molecule has 0 heterocycles. The Morgan fingerprint density at radius 3 is 2.53 bits per heavy atom. The predicted octanol–water partition coefficient (Wildman–Crippen LogP) is 3.45. The summed E-state index contributed by atoms with van der Waals surface area (Å²) in [5, 5.41) is 14.3. The lowest BCUT2D eigenvalue weighted by Gasteiger charge is -2.35. The van der Waals surface area contributed by atoms with Crippen molar-refractivity contribution in [3.05, 3.63) is 32.3 Å². The first-order chi connectivity index (χ1) is 8.71. The second kappa shape index (κ2) is 5.88. The number of nitro groups is 1. The molecule has 1 aromatic carbocycles. The molecule has 6 heteroatoms. The molecule has 0 saturated heterocycles. The zero-order valence-corrected chi connectivity index (χ0v) is 13.2. The summed E-state index contributed by atoms with van der Waals surface area (Å²) in [6.45, 7) is 8.43. The Morgan fingerprint density at radius 1 is 1.53 bits per heavy atom. The maximum atomic E-state index is 10.9. The SMILES string of the molecule is Cc1cc(NC(C)(CN)C(C)C)c(Br)cc1[N+](=O)[O-]. The van der Waals surface area contributed by atoms with Crippen LogP contribution in [0.2, 0.25) is 0 Å². The molecule has 0 fully saturated rings. The maximum absolute atomic E-state index is 10.9. The van der Waals surface area contributed by atoms with Crippen LogP contribution in [0, 0.1) is 23.0 Å². The normalized spacial score (nSPS) is 14.3. The summed E-state index contributed by atoms with van der Waals surface area (Å²) in [4.78, 5) is 10.5. The van der Waals surface area contributed by atoms with E-state index in [1.807, 2.05) is 6.92 Å². The zero-order valence-electron chi connectivity index (χ0n) is 11.7. The van der Waals surface area contributed by atoms with Gasteiger partial charge in [-0.1, -0.05) is 13.8 Å². The molecule has 0 aromatic heterocycles. The lowest BCUT2D eigenvalue weighted by atomic mass is 9.88. The molecular weight excluding hydrogens is 310 g/mol. The van der Waals surface area contributed by atoms with Crippen molar-refractivity contribution in [1.82, 2.24) is 0 Å². The van der Waals surface area contributed by atoms with E-state index in [1.54, 1.807) is 13.0 Å². The number of nitrogens with one attached hydrogen (secondary N) is 1. The Bertz CT molecular complexity index is 491. The van der Waals surface area contributed by atoms with E-state index in [-0.39, 0.29) is 16.1 Å². The van der Waals surface area contributed by atoms with E-state index < -0.39 is 0 Å². The molecule has 19 heavy (non-hydrogen) atoms. The van der Waals surface area contributed by atoms with E-state index >= 15 is 0 Å². The molecule has 106 valence electrons. The molecule has 1 unspecified atom stereocenters. The van der Waals surface area contributed by atoms with Gasteiger partial charge in [0, 0.05) is 33.9 Å². The lowest BCUT2D eigenvalue weighted by Crippen LogP contribution is -2.47. The van der Waals surface area contributed by atoms with Crippen LogP contribution in [-0.4, -0.2) is 17.0 Å². The molecule has 0 amide bonds. The fourth-order valence-electron chi connectivity index (χ4n) is 1.70. The molecule has 1 aromatic rings. The van der Waals surface area contributed by atoms with Gasteiger partial charge in [0.1, 0.15) is 0 Å². The molecule has 0 aliphatic heterocycles. The molecule has 0 radical (unpaired) electrons. The van der Waals surface area contributed by atoms with Crippen LogP contribution in [0.15, 0.2) is 16.6 Å². The number of aryl methyl sites for hydroxylation is 1. The number of nitrogens with two attached hydrogens (primary N) is 1. The monoisotopic (exact) mass is 329 g/mol. The molecule has 5 nitrogen and oxygen atoms in total. The Morgan fingerprint density at radius 2 is 2.11 bits per heavy atom. The highest BCUT2D eigenvalue weighted by molar-refractivity contribution is 9.10. The zero-order chi connectivity index (χ0) is 14.8. The van der Waals surface area contributed by atoms with Gasteiger partial charge >= 0.3 is 0 Å². The molecular formula is C13H20BrN3O2. The number of nitrogens with zero attached hydrogens (tertiary/aromatic N) is 1. The predicted molar refractivity (Wildman–Crippen MR) is 81.5 cm³/mol. The summed E-state index contributed by atoms with van der Waals surface area (Å²) in [5.74, 6) is 0.333. The van der Waals surface area contributed by atoms with Gasteiger partial charge in [-0.15, -0.1) is 0 Å². The van der Waals surface area contributed by atoms with Crippen molar-refractivity contribution < 1.29 is 4.92 Å². The van der Waals surface area contributed by atoms with Crippen LogP contribution in [0.1, 0.15) is 26.3 Å². The quantitative estimate of drug-likeness (QED) is 0.640. The van der Waals surface area contributed by atoms with Crippen molar-refractivity contribution in [3.8, 4) is 0 Å². The van der Waals surface area contributed by atoms with Crippen LogP contribution in [0.25, 0.3) is 0 Å². The highest BCUT2D eigenvalue weighted by Gasteiger charge is 2.27. The van der Waals surface area contributed by atoms with Gasteiger partial charge in [-0.2, -0.15) is 0 Å². The second-order valence-electron chi connectivity index (χ2n) is 5.28. The first-order valence-electron chi connectivity index (χ1n) is 6.14. The second-order valence-corrected chi connectivity index (χ2v) is 6.13. The van der Waals surface area contributed by atoms with E-state index in [0.717, 1.165) is 5.69 Å². The summed E-state index contributed by atoms with van der Waals surface area (Å²) in [6.07, 6.45) is 0. The third-order valence-electron chi connectivity index (χ3n) is 3.60. The number of benzene rings is 1. The Balaban J connectivity index is 3.16. The van der Waals surface area contributed by atoms with Gasteiger partial charge in [-0.25, -0.2) is 0 Å². The van der Waals surface area contributed by atoms with E-state index in [0.29, 0.717) is 22.5 Å². The summed E-state index contributed by atoms with van der Waals surface area (Å²) in [5.41, 5.74) is 7.13. The minimum Gasteiger partial charge on any atom is -0.377 e. The van der Waals surface area contributed by atoms with Crippen molar-refractivity contribution in [2.75, 3.05) is 11.9 Å². The number of rotatable bonds is 5. The van der Waals surface area contributed by atoms with Crippen molar-refractivity contribution >= 4 is 27.3 Å². The largest absolute Gasteiger partial charge is 0.377 e. The fourth-order valence-corrected chi connectivity index (χ4v) is 2.13. The van der Waals surface area contributed by atoms with Gasteiger partial charge in [0.2, 0.25) is 0 Å². The van der Waals surface area contributed by atoms with E-state index in [9.17, 15) is 10.1 Å². The minimum absolute atomic E-state index is 0.108. The van der Waals surface area contributed by atoms with Crippen LogP contribution in [0.3, 0.4) is 0 Å². The molecule has 0 saturated carbocycles. The van der Waals surface area contributed by atoms with Crippen molar-refractivity contribution in [2.45, 2.75) is 33.2 Å². The van der Waals surface area contributed by atoms with E-state index in [1.165, 1.54) is 6.07 Å². The Labute approximate surface area is 121 Å². The average molecular weight is 330 g/mol. The first kappa shape index (κ1) is 15.9. The topological polar surface area (TPSA) is 81.2 Å². The Kier molecular flexibility index (Phi) is 4.92. The van der Waals surface area contributed by atoms with Gasteiger partial charge in [0.25, 0.3) is 5.69 Å². The van der Waals surface area contributed by atoms with Crippen molar-refractivity contribution in [2.24, 2.45) is 11.7 Å². The molecule has 0 bridgehead atoms. The molecule has 1 rings (SSSR count). The van der Waals surface area contributed by atoms with Gasteiger partial charge in [0.15, 0.2) is 0 Å². The van der Waals surface area contributed by atoms with Crippen molar-refractivity contribution in [3.63, 3.8) is 0 Å². The number of halogens is 1. The third-order valence-corrected chi connectivity index (χ3v) is 4.26. The first-order valence-corrected chi connectivity index (χ1v) is 6.93. The van der Waals surface area contributed by atoms with Crippen molar-refractivity contribution in [1.29, 1.82) is 0 Å². The highest BCUT2D eigenvalue weighted by atomic mass is 79.9. The summed E-state index contributed by atoms with van der Waals surface area (Å²) >= 11 is 3.37. The standard InChI is InChI=1S/C13H20BrN3O2/c1-8(2)13(4,7-15)16-11-5-9(3)12(17(18)19)6-10(11)14/h5-6,8,16H,7,15H2,1-4H3. The molecule has 0 spiro atoms. The number of anilines is 1. The maximum Gasteiger partial charge on any atom is 0.273 e. The van der Waals surface area contributed by atoms with Crippen LogP contribution < -0.4 is 11.1 Å². The summed E-state index contributed by atoms with van der Waals surface area (Å²) < 4.78 is 0.671. The van der Waals surface area contributed by atoms with Crippen LogP contribution >= 0.6 is 15.9 Å². The molecule has 3 N–H and O–H groups in total. The van der Waals surface area contributed by atoms with Crippen LogP contribution in [-0.2, 0) is 0 Å². The third kappa shape index (κ3) is 3.45. The van der Waals surface area contributed by atoms with Gasteiger partial charge < -0.3 is 11.1 Å². The summed E-state index contributed by atoms with van der Waals surface area (Å²) in [6, 6.07) is 3.30. The number of hydrogen-bond acceptors (Lipinski definition) is 4. The van der Waals surface area contributed by atoms with Crippen LogP contribution in [0.4, 0.5) is 11.4 Å². The minimum atomic E-state index is -0.381. The fraction of sp³-hybridized carbons (Fsp3) is 0.538. The molecule has 0 aliphatic carbocycles. The van der Waals surface area contributed by atoms with E-state index in [2.05, 4.69) is 35.1 Å². The lowest BCUT2D eigenvalue weighted by molar-refractivity contribution is -0.385. The average Bonchev–Trinajstić information content (AvgIpc) is 2.32. The highest BCUT2D eigenvalue weighted by Crippen LogP contribution is 2.33. The molecule has 1 atom stereocenters. The Hall–Kier alpha value is -1.14. The van der Waals surface area contributed by atoms with Gasteiger partial charge in [-0.3, -0.25) is 10.1 Å².